The summed E-state index contributed by atoms with van der Waals surface area (Å²) in [5.41, 5.74) is 2.21. The highest BCUT2D eigenvalue weighted by molar-refractivity contribution is 5.83. The van der Waals surface area contributed by atoms with E-state index in [0.717, 1.165) is 30.2 Å². The molecule has 1 atom stereocenters. The first-order valence-electron chi connectivity index (χ1n) is 8.59. The van der Waals surface area contributed by atoms with E-state index in [-0.39, 0.29) is 5.91 Å². The van der Waals surface area contributed by atoms with Gasteiger partial charge in [0.15, 0.2) is 6.10 Å². The Morgan fingerprint density at radius 1 is 1.28 bits per heavy atom. The van der Waals surface area contributed by atoms with Crippen molar-refractivity contribution in [2.75, 3.05) is 31.6 Å². The molecule has 1 amide bonds. The third-order valence-electron chi connectivity index (χ3n) is 4.23. The van der Waals surface area contributed by atoms with E-state index in [1.807, 2.05) is 42.5 Å². The molecule has 1 aliphatic heterocycles. The van der Waals surface area contributed by atoms with Crippen molar-refractivity contribution < 1.29 is 14.3 Å². The Morgan fingerprint density at radius 3 is 2.92 bits per heavy atom. The standard InChI is InChI=1S/C20H24N2O3/c1-15-7-5-8-16(13-15)24-12-6-11-22-14-19(20(23)21-2)25-18-10-4-3-9-17(18)22/h3-5,7-10,13,19H,6,11-12,14H2,1-2H3,(H,21,23)/t19-/m0/s1. The van der Waals surface area contributed by atoms with E-state index < -0.39 is 6.10 Å². The number of amides is 1. The fourth-order valence-corrected chi connectivity index (χ4v) is 2.97. The van der Waals surface area contributed by atoms with Crippen molar-refractivity contribution in [2.45, 2.75) is 19.4 Å². The zero-order chi connectivity index (χ0) is 17.6. The van der Waals surface area contributed by atoms with Crippen LogP contribution < -0.4 is 19.7 Å². The molecule has 0 aliphatic carbocycles. The Morgan fingerprint density at radius 2 is 2.12 bits per heavy atom. The molecule has 1 heterocycles. The molecule has 3 rings (SSSR count). The maximum atomic E-state index is 12.0. The van der Waals surface area contributed by atoms with E-state index in [9.17, 15) is 4.79 Å². The lowest BCUT2D eigenvalue weighted by molar-refractivity contribution is -0.127. The molecule has 5 nitrogen and oxygen atoms in total. The monoisotopic (exact) mass is 340 g/mol. The number of benzene rings is 2. The Balaban J connectivity index is 1.59. The van der Waals surface area contributed by atoms with Gasteiger partial charge in [-0.1, -0.05) is 24.3 Å². The lowest BCUT2D eigenvalue weighted by Crippen LogP contribution is -2.48. The maximum Gasteiger partial charge on any atom is 0.262 e. The zero-order valence-corrected chi connectivity index (χ0v) is 14.7. The van der Waals surface area contributed by atoms with Crippen LogP contribution in [0.5, 0.6) is 11.5 Å². The number of anilines is 1. The predicted molar refractivity (Wildman–Crippen MR) is 98.4 cm³/mol. The molecule has 132 valence electrons. The quantitative estimate of drug-likeness (QED) is 0.822. The Hall–Kier alpha value is -2.69. The molecular formula is C20H24N2O3. The number of nitrogens with one attached hydrogen (secondary N) is 1. The van der Waals surface area contributed by atoms with Crippen LogP contribution >= 0.6 is 0 Å². The van der Waals surface area contributed by atoms with Crippen LogP contribution in [-0.4, -0.2) is 38.8 Å². The third-order valence-corrected chi connectivity index (χ3v) is 4.23. The number of carbonyl (C=O) groups is 1. The third kappa shape index (κ3) is 4.24. The molecule has 0 spiro atoms. The van der Waals surface area contributed by atoms with Gasteiger partial charge < -0.3 is 19.7 Å². The molecule has 5 heteroatoms. The minimum absolute atomic E-state index is 0.101. The second-order valence-corrected chi connectivity index (χ2v) is 6.15. The van der Waals surface area contributed by atoms with Gasteiger partial charge in [0.1, 0.15) is 11.5 Å². The normalized spacial score (nSPS) is 15.9. The highest BCUT2D eigenvalue weighted by Gasteiger charge is 2.29. The number of rotatable bonds is 6. The molecule has 1 aliphatic rings. The van der Waals surface area contributed by atoms with Crippen LogP contribution in [0.2, 0.25) is 0 Å². The number of nitrogens with zero attached hydrogens (tertiary/aromatic N) is 1. The second kappa shape index (κ2) is 7.92. The van der Waals surface area contributed by atoms with E-state index in [4.69, 9.17) is 9.47 Å². The Bertz CT molecular complexity index is 732. The number of likely N-dealkylation sites (N-methyl/N-ethyl adjacent to an activating group) is 1. The van der Waals surface area contributed by atoms with Crippen LogP contribution in [0.4, 0.5) is 5.69 Å². The van der Waals surface area contributed by atoms with E-state index in [1.165, 1.54) is 5.56 Å². The summed E-state index contributed by atoms with van der Waals surface area (Å²) in [4.78, 5) is 14.2. The van der Waals surface area contributed by atoms with Crippen molar-refractivity contribution in [3.8, 4) is 11.5 Å². The van der Waals surface area contributed by atoms with Crippen LogP contribution in [0.25, 0.3) is 0 Å². The number of aryl methyl sites for hydroxylation is 1. The molecule has 2 aromatic rings. The van der Waals surface area contributed by atoms with E-state index in [0.29, 0.717) is 13.2 Å². The van der Waals surface area contributed by atoms with Gasteiger partial charge in [0.25, 0.3) is 5.91 Å². The SMILES string of the molecule is CNC(=O)[C@@H]1CN(CCCOc2cccc(C)c2)c2ccccc2O1. The molecule has 0 aromatic heterocycles. The van der Waals surface area contributed by atoms with Crippen LogP contribution in [0.15, 0.2) is 48.5 Å². The van der Waals surface area contributed by atoms with Crippen molar-refractivity contribution in [3.63, 3.8) is 0 Å². The van der Waals surface area contributed by atoms with E-state index in [1.54, 1.807) is 7.05 Å². The first-order valence-corrected chi connectivity index (χ1v) is 8.59. The maximum absolute atomic E-state index is 12.0. The summed E-state index contributed by atoms with van der Waals surface area (Å²) in [7, 11) is 1.63. The summed E-state index contributed by atoms with van der Waals surface area (Å²) in [6.07, 6.45) is 0.375. The predicted octanol–water partition coefficient (Wildman–Crippen LogP) is 2.78. The summed E-state index contributed by atoms with van der Waals surface area (Å²) < 4.78 is 11.6. The van der Waals surface area contributed by atoms with Gasteiger partial charge in [0.05, 0.1) is 18.8 Å². The van der Waals surface area contributed by atoms with Crippen LogP contribution in [0.3, 0.4) is 0 Å². The smallest absolute Gasteiger partial charge is 0.262 e. The molecular weight excluding hydrogens is 316 g/mol. The Kier molecular flexibility index (Phi) is 5.43. The molecule has 1 N–H and O–H groups in total. The van der Waals surface area contributed by atoms with Gasteiger partial charge >= 0.3 is 0 Å². The lowest BCUT2D eigenvalue weighted by atomic mass is 10.1. The summed E-state index contributed by atoms with van der Waals surface area (Å²) in [6, 6.07) is 15.9. The van der Waals surface area contributed by atoms with E-state index >= 15 is 0 Å². The van der Waals surface area contributed by atoms with Gasteiger partial charge in [0, 0.05) is 13.6 Å². The van der Waals surface area contributed by atoms with Gasteiger partial charge in [-0.25, -0.2) is 0 Å². The van der Waals surface area contributed by atoms with Crippen molar-refractivity contribution >= 4 is 11.6 Å². The number of carbonyl (C=O) groups excluding carboxylic acids is 1. The topological polar surface area (TPSA) is 50.8 Å². The number of fused-ring (bicyclic) bond motifs is 1. The zero-order valence-electron chi connectivity index (χ0n) is 14.7. The fourth-order valence-electron chi connectivity index (χ4n) is 2.97. The molecule has 25 heavy (non-hydrogen) atoms. The molecule has 0 fully saturated rings. The minimum atomic E-state index is -0.488. The van der Waals surface area contributed by atoms with Crippen LogP contribution in [0, 0.1) is 6.92 Å². The van der Waals surface area contributed by atoms with Gasteiger partial charge in [-0.15, -0.1) is 0 Å². The average molecular weight is 340 g/mol. The summed E-state index contributed by atoms with van der Waals surface area (Å²) >= 11 is 0. The van der Waals surface area contributed by atoms with Crippen LogP contribution in [0.1, 0.15) is 12.0 Å². The highest BCUT2D eigenvalue weighted by Crippen LogP contribution is 2.33. The summed E-state index contributed by atoms with van der Waals surface area (Å²) in [5, 5.41) is 2.66. The lowest BCUT2D eigenvalue weighted by Gasteiger charge is -2.35. The fraction of sp³-hybridized carbons (Fsp3) is 0.350. The van der Waals surface area contributed by atoms with Gasteiger partial charge in [-0.2, -0.15) is 0 Å². The number of hydrogen-bond donors (Lipinski definition) is 1. The van der Waals surface area contributed by atoms with Crippen molar-refractivity contribution in [1.29, 1.82) is 0 Å². The van der Waals surface area contributed by atoms with Crippen LogP contribution in [-0.2, 0) is 4.79 Å². The molecule has 0 saturated carbocycles. The molecule has 0 radical (unpaired) electrons. The largest absolute Gasteiger partial charge is 0.494 e. The molecule has 2 aromatic carbocycles. The highest BCUT2D eigenvalue weighted by atomic mass is 16.5. The van der Waals surface area contributed by atoms with Crippen molar-refractivity contribution in [1.82, 2.24) is 5.32 Å². The van der Waals surface area contributed by atoms with Gasteiger partial charge in [-0.3, -0.25) is 4.79 Å². The molecule has 0 saturated heterocycles. The van der Waals surface area contributed by atoms with Crippen molar-refractivity contribution in [2.24, 2.45) is 0 Å². The number of hydrogen-bond acceptors (Lipinski definition) is 4. The minimum Gasteiger partial charge on any atom is -0.494 e. The Labute approximate surface area is 148 Å². The second-order valence-electron chi connectivity index (χ2n) is 6.15. The van der Waals surface area contributed by atoms with Gasteiger partial charge in [-0.05, 0) is 43.2 Å². The number of ether oxygens (including phenoxy) is 2. The van der Waals surface area contributed by atoms with Gasteiger partial charge in [0.2, 0.25) is 0 Å². The first kappa shape index (κ1) is 17.1. The van der Waals surface area contributed by atoms with Crippen molar-refractivity contribution in [3.05, 3.63) is 54.1 Å². The average Bonchev–Trinajstić information content (AvgIpc) is 2.64. The number of para-hydroxylation sites is 2. The van der Waals surface area contributed by atoms with E-state index in [2.05, 4.69) is 23.2 Å². The molecule has 0 bridgehead atoms. The summed E-state index contributed by atoms with van der Waals surface area (Å²) in [5.74, 6) is 1.54. The molecule has 0 unspecified atom stereocenters. The summed E-state index contributed by atoms with van der Waals surface area (Å²) in [6.45, 7) is 4.03. The first-order chi connectivity index (χ1) is 12.2.